The Morgan fingerprint density at radius 3 is 2.84 bits per heavy atom. The molecule has 1 saturated carbocycles. The van der Waals surface area contributed by atoms with Gasteiger partial charge in [0.15, 0.2) is 0 Å². The van der Waals surface area contributed by atoms with E-state index in [9.17, 15) is 4.39 Å². The second-order valence-corrected chi connectivity index (χ2v) is 5.45. The van der Waals surface area contributed by atoms with Gasteiger partial charge < -0.3 is 5.32 Å². The Hall–Kier alpha value is -1.48. The maximum absolute atomic E-state index is 13.4. The quantitative estimate of drug-likeness (QED) is 0.907. The molecule has 0 saturated heterocycles. The number of nitrogens with one attached hydrogen (secondary N) is 1. The first kappa shape index (κ1) is 12.5. The van der Waals surface area contributed by atoms with Crippen molar-refractivity contribution in [2.24, 2.45) is 0 Å². The molecule has 1 N–H and O–H groups in total. The molecule has 2 aromatic rings. The summed E-state index contributed by atoms with van der Waals surface area (Å²) in [6, 6.07) is 7.51. The van der Waals surface area contributed by atoms with Crippen LogP contribution in [0.5, 0.6) is 0 Å². The summed E-state index contributed by atoms with van der Waals surface area (Å²) in [7, 11) is 0. The number of aryl methyl sites for hydroxylation is 1. The molecule has 0 unspecified atom stereocenters. The lowest BCUT2D eigenvalue weighted by Gasteiger charge is -2.14. The van der Waals surface area contributed by atoms with Crippen LogP contribution in [0.25, 0.3) is 10.9 Å². The minimum Gasteiger partial charge on any atom is -0.310 e. The van der Waals surface area contributed by atoms with E-state index in [4.69, 9.17) is 0 Å². The lowest BCUT2D eigenvalue weighted by Crippen LogP contribution is -2.25. The smallest absolute Gasteiger partial charge is 0.123 e. The van der Waals surface area contributed by atoms with Gasteiger partial charge in [-0.25, -0.2) is 4.39 Å². The molecule has 0 atom stereocenters. The fraction of sp³-hybridized carbons (Fsp3) is 0.438. The van der Waals surface area contributed by atoms with Gasteiger partial charge in [0.05, 0.1) is 5.52 Å². The summed E-state index contributed by atoms with van der Waals surface area (Å²) in [5, 5.41) is 4.51. The van der Waals surface area contributed by atoms with E-state index < -0.39 is 0 Å². The molecule has 1 aliphatic carbocycles. The first-order chi connectivity index (χ1) is 9.22. The van der Waals surface area contributed by atoms with E-state index in [0.717, 1.165) is 28.7 Å². The molecule has 3 rings (SSSR count). The Balaban J connectivity index is 1.89. The van der Waals surface area contributed by atoms with E-state index in [0.29, 0.717) is 6.04 Å². The van der Waals surface area contributed by atoms with Crippen molar-refractivity contribution in [3.05, 3.63) is 41.3 Å². The Labute approximate surface area is 113 Å². The van der Waals surface area contributed by atoms with Crippen LogP contribution >= 0.6 is 0 Å². The third kappa shape index (κ3) is 2.76. The maximum Gasteiger partial charge on any atom is 0.123 e. The molecule has 100 valence electrons. The highest BCUT2D eigenvalue weighted by molar-refractivity contribution is 5.82. The Morgan fingerprint density at radius 1 is 1.26 bits per heavy atom. The van der Waals surface area contributed by atoms with Gasteiger partial charge in [0.25, 0.3) is 0 Å². The van der Waals surface area contributed by atoms with Crippen LogP contribution in [0, 0.1) is 12.7 Å². The van der Waals surface area contributed by atoms with Crippen LogP contribution in [-0.4, -0.2) is 11.0 Å². The first-order valence-electron chi connectivity index (χ1n) is 7.01. The number of halogens is 1. The van der Waals surface area contributed by atoms with Gasteiger partial charge in [0.1, 0.15) is 5.82 Å². The minimum atomic E-state index is -0.194. The normalized spacial score (nSPS) is 16.3. The second kappa shape index (κ2) is 5.25. The summed E-state index contributed by atoms with van der Waals surface area (Å²) in [5.74, 6) is -0.194. The minimum absolute atomic E-state index is 0.194. The molecule has 0 spiro atoms. The number of rotatable bonds is 3. The summed E-state index contributed by atoms with van der Waals surface area (Å²) >= 11 is 0. The van der Waals surface area contributed by atoms with E-state index in [1.807, 2.05) is 6.92 Å². The van der Waals surface area contributed by atoms with Crippen LogP contribution in [-0.2, 0) is 6.54 Å². The third-order valence-electron chi connectivity index (χ3n) is 3.92. The van der Waals surface area contributed by atoms with Crippen LogP contribution in [0.4, 0.5) is 4.39 Å². The van der Waals surface area contributed by atoms with Crippen molar-refractivity contribution in [1.82, 2.24) is 10.3 Å². The molecule has 1 fully saturated rings. The topological polar surface area (TPSA) is 24.9 Å². The zero-order valence-electron chi connectivity index (χ0n) is 11.2. The number of nitrogens with zero attached hydrogens (tertiary/aromatic N) is 1. The van der Waals surface area contributed by atoms with Crippen molar-refractivity contribution in [1.29, 1.82) is 0 Å². The second-order valence-electron chi connectivity index (χ2n) is 5.45. The third-order valence-corrected chi connectivity index (χ3v) is 3.92. The number of pyridine rings is 1. The SMILES string of the molecule is Cc1cc(CNC2CCCC2)c2cc(F)ccc2n1. The zero-order chi connectivity index (χ0) is 13.2. The number of benzene rings is 1. The van der Waals surface area contributed by atoms with E-state index in [1.165, 1.54) is 31.7 Å². The van der Waals surface area contributed by atoms with Gasteiger partial charge in [-0.05, 0) is 49.6 Å². The van der Waals surface area contributed by atoms with Gasteiger partial charge in [0, 0.05) is 23.7 Å². The van der Waals surface area contributed by atoms with Crippen molar-refractivity contribution in [2.75, 3.05) is 0 Å². The number of hydrogen-bond acceptors (Lipinski definition) is 2. The molecule has 0 aliphatic heterocycles. The van der Waals surface area contributed by atoms with Crippen LogP contribution in [0.2, 0.25) is 0 Å². The van der Waals surface area contributed by atoms with E-state index in [-0.39, 0.29) is 5.82 Å². The Bertz CT molecular complexity index is 589. The van der Waals surface area contributed by atoms with E-state index >= 15 is 0 Å². The molecule has 19 heavy (non-hydrogen) atoms. The van der Waals surface area contributed by atoms with E-state index in [2.05, 4.69) is 16.4 Å². The largest absolute Gasteiger partial charge is 0.310 e. The predicted molar refractivity (Wildman–Crippen MR) is 75.5 cm³/mol. The summed E-state index contributed by atoms with van der Waals surface area (Å²) in [6.07, 6.45) is 5.16. The highest BCUT2D eigenvalue weighted by Gasteiger charge is 2.14. The van der Waals surface area contributed by atoms with Crippen molar-refractivity contribution in [3.63, 3.8) is 0 Å². The summed E-state index contributed by atoms with van der Waals surface area (Å²) in [4.78, 5) is 4.46. The van der Waals surface area contributed by atoms with Gasteiger partial charge >= 0.3 is 0 Å². The highest BCUT2D eigenvalue weighted by Crippen LogP contribution is 2.22. The molecule has 3 heteroatoms. The van der Waals surface area contributed by atoms with Crippen molar-refractivity contribution in [2.45, 2.75) is 45.2 Å². The van der Waals surface area contributed by atoms with Gasteiger partial charge in [-0.3, -0.25) is 4.98 Å². The van der Waals surface area contributed by atoms with E-state index in [1.54, 1.807) is 12.1 Å². The average molecular weight is 258 g/mol. The summed E-state index contributed by atoms with van der Waals surface area (Å²) in [6.45, 7) is 2.79. The van der Waals surface area contributed by atoms with Crippen LogP contribution in [0.3, 0.4) is 0 Å². The van der Waals surface area contributed by atoms with Gasteiger partial charge in [-0.1, -0.05) is 12.8 Å². The Morgan fingerprint density at radius 2 is 2.05 bits per heavy atom. The van der Waals surface area contributed by atoms with Crippen molar-refractivity contribution in [3.8, 4) is 0 Å². The molecule has 1 aromatic carbocycles. The average Bonchev–Trinajstić information content (AvgIpc) is 2.89. The van der Waals surface area contributed by atoms with Crippen molar-refractivity contribution < 1.29 is 4.39 Å². The molecule has 0 bridgehead atoms. The van der Waals surface area contributed by atoms with Gasteiger partial charge in [0.2, 0.25) is 0 Å². The Kier molecular flexibility index (Phi) is 3.47. The highest BCUT2D eigenvalue weighted by atomic mass is 19.1. The lowest BCUT2D eigenvalue weighted by atomic mass is 10.1. The van der Waals surface area contributed by atoms with Crippen LogP contribution < -0.4 is 5.32 Å². The monoisotopic (exact) mass is 258 g/mol. The molecule has 1 aliphatic rings. The zero-order valence-corrected chi connectivity index (χ0v) is 11.2. The number of aromatic nitrogens is 1. The van der Waals surface area contributed by atoms with Gasteiger partial charge in [-0.2, -0.15) is 0 Å². The summed E-state index contributed by atoms with van der Waals surface area (Å²) in [5.41, 5.74) is 3.01. The molecular weight excluding hydrogens is 239 g/mol. The van der Waals surface area contributed by atoms with Gasteiger partial charge in [-0.15, -0.1) is 0 Å². The number of fused-ring (bicyclic) bond motifs is 1. The fourth-order valence-electron chi connectivity index (χ4n) is 2.95. The molecular formula is C16H19FN2. The first-order valence-corrected chi connectivity index (χ1v) is 7.01. The number of hydrogen-bond donors (Lipinski definition) is 1. The standard InChI is InChI=1S/C16H19FN2/c1-11-8-12(10-18-14-4-2-3-5-14)15-9-13(17)6-7-16(15)19-11/h6-9,14,18H,2-5,10H2,1H3. The fourth-order valence-corrected chi connectivity index (χ4v) is 2.95. The summed E-state index contributed by atoms with van der Waals surface area (Å²) < 4.78 is 13.4. The molecule has 0 radical (unpaired) electrons. The molecule has 1 aromatic heterocycles. The van der Waals surface area contributed by atoms with Crippen LogP contribution in [0.15, 0.2) is 24.3 Å². The lowest BCUT2D eigenvalue weighted by molar-refractivity contribution is 0.525. The molecule has 1 heterocycles. The van der Waals surface area contributed by atoms with Crippen molar-refractivity contribution >= 4 is 10.9 Å². The maximum atomic E-state index is 13.4. The molecule has 0 amide bonds. The predicted octanol–water partition coefficient (Wildman–Crippen LogP) is 3.71. The molecule has 2 nitrogen and oxygen atoms in total. The van der Waals surface area contributed by atoms with Crippen LogP contribution in [0.1, 0.15) is 36.9 Å².